The van der Waals surface area contributed by atoms with Gasteiger partial charge in [0.2, 0.25) is 0 Å². The van der Waals surface area contributed by atoms with E-state index in [0.717, 1.165) is 0 Å². The molecule has 0 saturated carbocycles. The van der Waals surface area contributed by atoms with Crippen LogP contribution >= 0.6 is 0 Å². The highest BCUT2D eigenvalue weighted by Crippen LogP contribution is 2.22. The van der Waals surface area contributed by atoms with Gasteiger partial charge in [0.25, 0.3) is 10.0 Å². The quantitative estimate of drug-likeness (QED) is 0.838. The molecule has 2 aromatic rings. The Labute approximate surface area is 137 Å². The van der Waals surface area contributed by atoms with Crippen LogP contribution in [-0.4, -0.2) is 21.1 Å². The van der Waals surface area contributed by atoms with E-state index >= 15 is 0 Å². The molecule has 6 heteroatoms. The van der Waals surface area contributed by atoms with Gasteiger partial charge in [-0.05, 0) is 57.2 Å². The van der Waals surface area contributed by atoms with Gasteiger partial charge in [-0.25, -0.2) is 8.42 Å². The Bertz CT molecular complexity index is 739. The Morgan fingerprint density at radius 3 is 2.35 bits per heavy atom. The minimum absolute atomic E-state index is 0.0213. The fourth-order valence-electron chi connectivity index (χ4n) is 2.00. The van der Waals surface area contributed by atoms with Crippen LogP contribution in [0.15, 0.2) is 53.4 Å². The molecule has 0 spiro atoms. The zero-order chi connectivity index (χ0) is 16.9. The second kappa shape index (κ2) is 7.37. The van der Waals surface area contributed by atoms with Crippen molar-refractivity contribution in [1.29, 1.82) is 0 Å². The van der Waals surface area contributed by atoms with Gasteiger partial charge in [0.05, 0.1) is 23.3 Å². The van der Waals surface area contributed by atoms with Crippen LogP contribution in [0.4, 0.5) is 5.69 Å². The van der Waals surface area contributed by atoms with Crippen molar-refractivity contribution in [3.8, 4) is 11.5 Å². The number of hydrogen-bond acceptors (Lipinski definition) is 4. The summed E-state index contributed by atoms with van der Waals surface area (Å²) in [4.78, 5) is 0.177. The molecule has 5 nitrogen and oxygen atoms in total. The van der Waals surface area contributed by atoms with Crippen molar-refractivity contribution in [2.24, 2.45) is 0 Å². The average Bonchev–Trinajstić information content (AvgIpc) is 2.47. The predicted molar refractivity (Wildman–Crippen MR) is 90.6 cm³/mol. The Hall–Kier alpha value is -2.21. The summed E-state index contributed by atoms with van der Waals surface area (Å²) in [6.45, 7) is 6.24. The fourth-order valence-corrected chi connectivity index (χ4v) is 3.05. The molecule has 0 unspecified atom stereocenters. The van der Waals surface area contributed by atoms with Crippen molar-refractivity contribution in [2.75, 3.05) is 11.3 Å². The second-order valence-electron chi connectivity index (χ2n) is 5.20. The van der Waals surface area contributed by atoms with Gasteiger partial charge in [-0.3, -0.25) is 4.72 Å². The molecule has 2 rings (SSSR count). The Morgan fingerprint density at radius 2 is 1.74 bits per heavy atom. The van der Waals surface area contributed by atoms with Crippen molar-refractivity contribution in [1.82, 2.24) is 0 Å². The lowest BCUT2D eigenvalue weighted by molar-refractivity contribution is 0.242. The van der Waals surface area contributed by atoms with Crippen LogP contribution in [0.3, 0.4) is 0 Å². The van der Waals surface area contributed by atoms with Crippen LogP contribution in [-0.2, 0) is 10.0 Å². The van der Waals surface area contributed by atoms with Crippen LogP contribution in [0.2, 0.25) is 0 Å². The van der Waals surface area contributed by atoms with Gasteiger partial charge in [-0.2, -0.15) is 0 Å². The fraction of sp³-hybridized carbons (Fsp3) is 0.294. The molecule has 2 aromatic carbocycles. The third-order valence-electron chi connectivity index (χ3n) is 2.90. The number of hydrogen-bond donors (Lipinski definition) is 1. The molecule has 0 heterocycles. The zero-order valence-electron chi connectivity index (χ0n) is 13.4. The first kappa shape index (κ1) is 17.1. The summed E-state index contributed by atoms with van der Waals surface area (Å²) >= 11 is 0. The van der Waals surface area contributed by atoms with E-state index in [0.29, 0.717) is 23.8 Å². The van der Waals surface area contributed by atoms with E-state index in [-0.39, 0.29) is 11.0 Å². The van der Waals surface area contributed by atoms with Crippen LogP contribution in [0.25, 0.3) is 0 Å². The van der Waals surface area contributed by atoms with Crippen LogP contribution in [0, 0.1) is 0 Å². The highest BCUT2D eigenvalue weighted by atomic mass is 32.2. The van der Waals surface area contributed by atoms with Gasteiger partial charge >= 0.3 is 0 Å². The maximum atomic E-state index is 12.4. The van der Waals surface area contributed by atoms with Gasteiger partial charge in [0.1, 0.15) is 11.5 Å². The summed E-state index contributed by atoms with van der Waals surface area (Å²) in [5.74, 6) is 1.26. The normalized spacial score (nSPS) is 11.3. The first-order chi connectivity index (χ1) is 10.9. The lowest BCUT2D eigenvalue weighted by Gasteiger charge is -2.12. The zero-order valence-corrected chi connectivity index (χ0v) is 14.3. The van der Waals surface area contributed by atoms with Gasteiger partial charge in [0, 0.05) is 6.07 Å². The third kappa shape index (κ3) is 4.89. The van der Waals surface area contributed by atoms with Crippen molar-refractivity contribution in [3.05, 3.63) is 48.5 Å². The summed E-state index contributed by atoms with van der Waals surface area (Å²) in [5.41, 5.74) is 0.456. The topological polar surface area (TPSA) is 64.6 Å². The molecule has 124 valence electrons. The molecule has 0 aliphatic carbocycles. The minimum atomic E-state index is -3.65. The Kier molecular flexibility index (Phi) is 5.50. The van der Waals surface area contributed by atoms with E-state index in [2.05, 4.69) is 4.72 Å². The number of nitrogens with one attached hydrogen (secondary N) is 1. The number of sulfonamides is 1. The van der Waals surface area contributed by atoms with Crippen LogP contribution in [0.1, 0.15) is 20.8 Å². The molecule has 0 amide bonds. The molecular formula is C17H21NO4S. The van der Waals surface area contributed by atoms with E-state index in [4.69, 9.17) is 9.47 Å². The molecular weight excluding hydrogens is 314 g/mol. The van der Waals surface area contributed by atoms with Crippen molar-refractivity contribution in [2.45, 2.75) is 31.8 Å². The molecule has 0 aliphatic heterocycles. The van der Waals surface area contributed by atoms with Gasteiger partial charge in [-0.15, -0.1) is 0 Å². The van der Waals surface area contributed by atoms with Gasteiger partial charge < -0.3 is 9.47 Å². The van der Waals surface area contributed by atoms with Gasteiger partial charge in [-0.1, -0.05) is 6.07 Å². The van der Waals surface area contributed by atoms with E-state index in [1.54, 1.807) is 36.4 Å². The molecule has 23 heavy (non-hydrogen) atoms. The summed E-state index contributed by atoms with van der Waals surface area (Å²) < 4.78 is 38.3. The summed E-state index contributed by atoms with van der Waals surface area (Å²) in [6.07, 6.45) is 0.0213. The largest absolute Gasteiger partial charge is 0.494 e. The molecule has 0 radical (unpaired) electrons. The second-order valence-corrected chi connectivity index (χ2v) is 6.89. The Balaban J connectivity index is 2.17. The maximum Gasteiger partial charge on any atom is 0.261 e. The standard InChI is InChI=1S/C17H21NO4S/c1-4-21-15-8-10-17(11-9-15)23(19,20)18-14-6-5-7-16(12-14)22-13(2)3/h5-13,18H,4H2,1-3H3. The first-order valence-electron chi connectivity index (χ1n) is 7.43. The molecule has 0 fully saturated rings. The van der Waals surface area contributed by atoms with E-state index in [1.807, 2.05) is 20.8 Å². The summed E-state index contributed by atoms with van der Waals surface area (Å²) in [5, 5.41) is 0. The monoisotopic (exact) mass is 335 g/mol. The SMILES string of the molecule is CCOc1ccc(S(=O)(=O)Nc2cccc(OC(C)C)c2)cc1. The number of ether oxygens (including phenoxy) is 2. The van der Waals surface area contributed by atoms with Crippen molar-refractivity contribution in [3.63, 3.8) is 0 Å². The van der Waals surface area contributed by atoms with Crippen LogP contribution < -0.4 is 14.2 Å². The maximum absolute atomic E-state index is 12.4. The summed E-state index contributed by atoms with van der Waals surface area (Å²) in [6, 6.07) is 13.2. The first-order valence-corrected chi connectivity index (χ1v) is 8.91. The molecule has 1 N–H and O–H groups in total. The lowest BCUT2D eigenvalue weighted by Crippen LogP contribution is -2.13. The molecule has 0 atom stereocenters. The van der Waals surface area contributed by atoms with E-state index in [1.165, 1.54) is 12.1 Å². The van der Waals surface area contributed by atoms with Gasteiger partial charge in [0.15, 0.2) is 0 Å². The minimum Gasteiger partial charge on any atom is -0.494 e. The highest BCUT2D eigenvalue weighted by molar-refractivity contribution is 7.92. The predicted octanol–water partition coefficient (Wildman–Crippen LogP) is 3.67. The van der Waals surface area contributed by atoms with Crippen molar-refractivity contribution < 1.29 is 17.9 Å². The molecule has 0 bridgehead atoms. The Morgan fingerprint density at radius 1 is 1.04 bits per heavy atom. The highest BCUT2D eigenvalue weighted by Gasteiger charge is 2.14. The average molecular weight is 335 g/mol. The number of rotatable bonds is 7. The summed E-state index contributed by atoms with van der Waals surface area (Å²) in [7, 11) is -3.65. The van der Waals surface area contributed by atoms with E-state index < -0.39 is 10.0 Å². The van der Waals surface area contributed by atoms with E-state index in [9.17, 15) is 8.42 Å². The molecule has 0 aliphatic rings. The lowest BCUT2D eigenvalue weighted by atomic mass is 10.3. The van der Waals surface area contributed by atoms with Crippen molar-refractivity contribution >= 4 is 15.7 Å². The number of anilines is 1. The number of benzene rings is 2. The smallest absolute Gasteiger partial charge is 0.261 e. The third-order valence-corrected chi connectivity index (χ3v) is 4.30. The van der Waals surface area contributed by atoms with Crippen LogP contribution in [0.5, 0.6) is 11.5 Å². The molecule has 0 saturated heterocycles. The molecule has 0 aromatic heterocycles.